The lowest BCUT2D eigenvalue weighted by Gasteiger charge is -2.33. The minimum atomic E-state index is 0.390. The number of likely N-dealkylation sites (N-methyl/N-ethyl adjacent to an activating group) is 1. The molecular formula is C17H37N3. The van der Waals surface area contributed by atoms with Crippen LogP contribution in [0.15, 0.2) is 0 Å². The largest absolute Gasteiger partial charge is 0.304 e. The van der Waals surface area contributed by atoms with Crippen molar-refractivity contribution in [1.29, 1.82) is 0 Å². The molecule has 0 atom stereocenters. The Labute approximate surface area is 127 Å². The van der Waals surface area contributed by atoms with Gasteiger partial charge in [-0.05, 0) is 17.9 Å². The van der Waals surface area contributed by atoms with E-state index in [-0.39, 0.29) is 0 Å². The predicted octanol–water partition coefficient (Wildman–Crippen LogP) is 2.63. The van der Waals surface area contributed by atoms with Crippen LogP contribution in [0.4, 0.5) is 0 Å². The van der Waals surface area contributed by atoms with Crippen molar-refractivity contribution < 1.29 is 0 Å². The Bertz CT molecular complexity index is 247. The molecule has 1 fully saturated rings. The van der Waals surface area contributed by atoms with Crippen molar-refractivity contribution in [3.05, 3.63) is 0 Å². The smallest absolute Gasteiger partial charge is 0.0110 e. The van der Waals surface area contributed by atoms with Crippen LogP contribution in [-0.4, -0.2) is 74.1 Å². The maximum Gasteiger partial charge on any atom is 0.0110 e. The first-order valence-corrected chi connectivity index (χ1v) is 8.18. The minimum Gasteiger partial charge on any atom is -0.304 e. The summed E-state index contributed by atoms with van der Waals surface area (Å²) < 4.78 is 0. The molecule has 1 aliphatic rings. The monoisotopic (exact) mass is 283 g/mol. The number of hydrogen-bond donors (Lipinski definition) is 0. The third kappa shape index (κ3) is 8.23. The summed E-state index contributed by atoms with van der Waals surface area (Å²) in [6.07, 6.45) is 0. The zero-order valence-corrected chi connectivity index (χ0v) is 15.0. The van der Waals surface area contributed by atoms with E-state index in [0.29, 0.717) is 10.8 Å². The molecule has 3 heteroatoms. The first-order chi connectivity index (χ1) is 9.05. The van der Waals surface area contributed by atoms with E-state index < -0.39 is 0 Å². The molecule has 0 radical (unpaired) electrons. The maximum atomic E-state index is 2.65. The van der Waals surface area contributed by atoms with Crippen LogP contribution in [0, 0.1) is 10.8 Å². The molecule has 0 N–H and O–H groups in total. The van der Waals surface area contributed by atoms with Crippen molar-refractivity contribution in [1.82, 2.24) is 14.7 Å². The van der Waals surface area contributed by atoms with Crippen LogP contribution >= 0.6 is 0 Å². The van der Waals surface area contributed by atoms with Crippen molar-refractivity contribution in [2.45, 2.75) is 41.5 Å². The van der Waals surface area contributed by atoms with E-state index in [0.717, 1.165) is 0 Å². The highest BCUT2D eigenvalue weighted by atomic mass is 15.3. The van der Waals surface area contributed by atoms with E-state index in [1.54, 1.807) is 0 Å². The zero-order valence-electron chi connectivity index (χ0n) is 15.0. The number of hydrogen-bond acceptors (Lipinski definition) is 3. The van der Waals surface area contributed by atoms with Crippen molar-refractivity contribution in [2.24, 2.45) is 10.8 Å². The third-order valence-electron chi connectivity index (χ3n) is 3.72. The normalized spacial score (nSPS) is 22.4. The average Bonchev–Trinajstić information content (AvgIpc) is 2.31. The van der Waals surface area contributed by atoms with Crippen LogP contribution in [0.2, 0.25) is 0 Å². The van der Waals surface area contributed by atoms with Crippen molar-refractivity contribution in [3.63, 3.8) is 0 Å². The lowest BCUT2D eigenvalue weighted by molar-refractivity contribution is 0.149. The molecule has 1 rings (SSSR count). The Balaban J connectivity index is 2.61. The standard InChI is InChI=1S/C17H37N3/c1-16(2,3)14-19-10-8-18(7)9-11-20(13-12-19)15-17(4,5)6/h8-15H2,1-7H3. The molecule has 0 spiro atoms. The van der Waals surface area contributed by atoms with E-state index in [9.17, 15) is 0 Å². The fraction of sp³-hybridized carbons (Fsp3) is 1.00. The van der Waals surface area contributed by atoms with Gasteiger partial charge in [0.05, 0.1) is 0 Å². The summed E-state index contributed by atoms with van der Waals surface area (Å²) in [6.45, 7) is 23.7. The SMILES string of the molecule is CN1CCN(CC(C)(C)C)CCN(CC(C)(C)C)CC1. The van der Waals surface area contributed by atoms with Gasteiger partial charge >= 0.3 is 0 Å². The molecule has 0 aromatic carbocycles. The molecule has 0 aromatic heterocycles. The van der Waals surface area contributed by atoms with E-state index in [1.165, 1.54) is 52.4 Å². The van der Waals surface area contributed by atoms with Crippen molar-refractivity contribution >= 4 is 0 Å². The first kappa shape index (κ1) is 17.9. The summed E-state index contributed by atoms with van der Waals surface area (Å²) in [6, 6.07) is 0. The molecule has 1 heterocycles. The van der Waals surface area contributed by atoms with E-state index in [2.05, 4.69) is 63.3 Å². The number of rotatable bonds is 2. The van der Waals surface area contributed by atoms with Crippen molar-refractivity contribution in [3.8, 4) is 0 Å². The van der Waals surface area contributed by atoms with Crippen LogP contribution < -0.4 is 0 Å². The Morgan fingerprint density at radius 1 is 0.600 bits per heavy atom. The van der Waals surface area contributed by atoms with Gasteiger partial charge in [-0.15, -0.1) is 0 Å². The van der Waals surface area contributed by atoms with Gasteiger partial charge in [0.15, 0.2) is 0 Å². The summed E-state index contributed by atoms with van der Waals surface area (Å²) >= 11 is 0. The predicted molar refractivity (Wildman–Crippen MR) is 89.3 cm³/mol. The second-order valence-electron chi connectivity index (χ2n) is 8.98. The fourth-order valence-electron chi connectivity index (χ4n) is 2.90. The summed E-state index contributed by atoms with van der Waals surface area (Å²) in [7, 11) is 2.26. The van der Waals surface area contributed by atoms with Gasteiger partial charge in [0.25, 0.3) is 0 Å². The molecule has 3 nitrogen and oxygen atoms in total. The second kappa shape index (κ2) is 7.24. The third-order valence-corrected chi connectivity index (χ3v) is 3.72. The molecule has 0 saturated carbocycles. The highest BCUT2D eigenvalue weighted by Crippen LogP contribution is 2.17. The second-order valence-corrected chi connectivity index (χ2v) is 8.98. The minimum absolute atomic E-state index is 0.390. The van der Waals surface area contributed by atoms with Crippen LogP contribution in [0.25, 0.3) is 0 Å². The van der Waals surface area contributed by atoms with Gasteiger partial charge in [-0.2, -0.15) is 0 Å². The Morgan fingerprint density at radius 3 is 1.20 bits per heavy atom. The molecule has 0 amide bonds. The van der Waals surface area contributed by atoms with E-state index in [1.807, 2.05) is 0 Å². The van der Waals surface area contributed by atoms with Gasteiger partial charge in [-0.1, -0.05) is 41.5 Å². The summed E-state index contributed by atoms with van der Waals surface area (Å²) in [5.74, 6) is 0. The molecule has 0 unspecified atom stereocenters. The fourth-order valence-corrected chi connectivity index (χ4v) is 2.90. The lowest BCUT2D eigenvalue weighted by Crippen LogP contribution is -2.42. The average molecular weight is 284 g/mol. The van der Waals surface area contributed by atoms with Gasteiger partial charge in [0.2, 0.25) is 0 Å². The van der Waals surface area contributed by atoms with Crippen LogP contribution in [0.3, 0.4) is 0 Å². The Hall–Kier alpha value is -0.120. The maximum absolute atomic E-state index is 2.65. The summed E-state index contributed by atoms with van der Waals surface area (Å²) in [4.78, 5) is 7.78. The molecule has 1 aliphatic heterocycles. The molecule has 0 bridgehead atoms. The number of nitrogens with zero attached hydrogens (tertiary/aromatic N) is 3. The van der Waals surface area contributed by atoms with Crippen molar-refractivity contribution in [2.75, 3.05) is 59.4 Å². The molecule has 20 heavy (non-hydrogen) atoms. The summed E-state index contributed by atoms with van der Waals surface area (Å²) in [5, 5.41) is 0. The first-order valence-electron chi connectivity index (χ1n) is 8.18. The molecular weight excluding hydrogens is 246 g/mol. The quantitative estimate of drug-likeness (QED) is 0.771. The van der Waals surface area contributed by atoms with Gasteiger partial charge in [0, 0.05) is 52.4 Å². The Kier molecular flexibility index (Phi) is 6.49. The van der Waals surface area contributed by atoms with Gasteiger partial charge in [-0.3, -0.25) is 0 Å². The van der Waals surface area contributed by atoms with Gasteiger partial charge in [0.1, 0.15) is 0 Å². The molecule has 120 valence electrons. The van der Waals surface area contributed by atoms with Crippen LogP contribution in [0.1, 0.15) is 41.5 Å². The molecule has 1 saturated heterocycles. The molecule has 0 aliphatic carbocycles. The Morgan fingerprint density at radius 2 is 0.900 bits per heavy atom. The van der Waals surface area contributed by atoms with Crippen LogP contribution in [-0.2, 0) is 0 Å². The lowest BCUT2D eigenvalue weighted by atomic mass is 9.95. The zero-order chi connectivity index (χ0) is 15.4. The highest BCUT2D eigenvalue weighted by Gasteiger charge is 2.21. The van der Waals surface area contributed by atoms with E-state index in [4.69, 9.17) is 0 Å². The summed E-state index contributed by atoms with van der Waals surface area (Å²) in [5.41, 5.74) is 0.781. The molecule has 0 aromatic rings. The van der Waals surface area contributed by atoms with Crippen LogP contribution in [0.5, 0.6) is 0 Å². The van der Waals surface area contributed by atoms with Gasteiger partial charge < -0.3 is 14.7 Å². The van der Waals surface area contributed by atoms with Gasteiger partial charge in [-0.25, -0.2) is 0 Å². The topological polar surface area (TPSA) is 9.72 Å². The highest BCUT2D eigenvalue weighted by molar-refractivity contribution is 4.76. The van der Waals surface area contributed by atoms with E-state index >= 15 is 0 Å².